The summed E-state index contributed by atoms with van der Waals surface area (Å²) >= 11 is 1.73. The van der Waals surface area contributed by atoms with Crippen molar-refractivity contribution in [3.63, 3.8) is 0 Å². The van der Waals surface area contributed by atoms with Gasteiger partial charge in [0, 0.05) is 43.7 Å². The third kappa shape index (κ3) is 7.21. The fourth-order valence-corrected chi connectivity index (χ4v) is 3.51. The van der Waals surface area contributed by atoms with E-state index in [0.717, 1.165) is 29.2 Å². The molecule has 0 atom stereocenters. The molecule has 0 saturated carbocycles. The van der Waals surface area contributed by atoms with Crippen molar-refractivity contribution in [1.82, 2.24) is 20.6 Å². The Bertz CT molecular complexity index is 958. The Morgan fingerprint density at radius 2 is 1.93 bits per heavy atom. The molecule has 3 rings (SSSR count). The Kier molecular flexibility index (Phi) is 9.44. The Balaban J connectivity index is 0.00000320. The third-order valence-electron chi connectivity index (χ3n) is 4.22. The predicted octanol–water partition coefficient (Wildman–Crippen LogP) is 4.61. The van der Waals surface area contributed by atoms with Crippen LogP contribution in [0.3, 0.4) is 0 Å². The van der Waals surface area contributed by atoms with E-state index in [1.54, 1.807) is 36.7 Å². The van der Waals surface area contributed by atoms with Crippen molar-refractivity contribution in [3.8, 4) is 11.6 Å². The maximum atomic E-state index is 13.0. The summed E-state index contributed by atoms with van der Waals surface area (Å²) in [5.41, 5.74) is 2.09. The van der Waals surface area contributed by atoms with E-state index in [2.05, 4.69) is 32.5 Å². The highest BCUT2D eigenvalue weighted by atomic mass is 127. The molecule has 0 amide bonds. The standard InChI is InChI=1S/C21H24FN5OS.HI/c1-14-15(2)29-20(27-14)9-11-25-21(23-3)26-13-16-8-10-24-19(12-16)28-18-6-4-17(22)5-7-18;/h4-8,10,12H,9,11,13H2,1-3H3,(H2,23,25,26);1H. The van der Waals surface area contributed by atoms with Crippen molar-refractivity contribution in [3.05, 3.63) is 69.6 Å². The fourth-order valence-electron chi connectivity index (χ4n) is 2.58. The molecule has 0 aliphatic rings. The number of halogens is 2. The van der Waals surface area contributed by atoms with E-state index in [0.29, 0.717) is 24.1 Å². The van der Waals surface area contributed by atoms with Crippen LogP contribution in [0.25, 0.3) is 0 Å². The number of nitrogens with zero attached hydrogens (tertiary/aromatic N) is 3. The average Bonchev–Trinajstić information content (AvgIpc) is 3.04. The van der Waals surface area contributed by atoms with Crippen molar-refractivity contribution in [1.29, 1.82) is 0 Å². The summed E-state index contributed by atoms with van der Waals surface area (Å²) in [6.07, 6.45) is 2.53. The molecule has 0 aliphatic heterocycles. The Hall–Kier alpha value is -2.27. The molecule has 0 fully saturated rings. The molecular formula is C21H25FIN5OS. The van der Waals surface area contributed by atoms with Crippen molar-refractivity contribution in [2.45, 2.75) is 26.8 Å². The van der Waals surface area contributed by atoms with Crippen molar-refractivity contribution in [2.75, 3.05) is 13.6 Å². The van der Waals surface area contributed by atoms with E-state index in [1.165, 1.54) is 17.0 Å². The van der Waals surface area contributed by atoms with Crippen LogP contribution in [0.15, 0.2) is 47.6 Å². The first-order chi connectivity index (χ1) is 14.0. The zero-order valence-corrected chi connectivity index (χ0v) is 20.3. The minimum Gasteiger partial charge on any atom is -0.439 e. The first-order valence-electron chi connectivity index (χ1n) is 9.29. The zero-order valence-electron chi connectivity index (χ0n) is 17.1. The van der Waals surface area contributed by atoms with Crippen molar-refractivity contribution in [2.24, 2.45) is 4.99 Å². The molecule has 30 heavy (non-hydrogen) atoms. The van der Waals surface area contributed by atoms with E-state index in [4.69, 9.17) is 4.74 Å². The first kappa shape index (κ1) is 24.0. The molecule has 0 radical (unpaired) electrons. The van der Waals surface area contributed by atoms with Crippen LogP contribution in [-0.2, 0) is 13.0 Å². The second kappa shape index (κ2) is 11.8. The van der Waals surface area contributed by atoms with Crippen LogP contribution in [0, 0.1) is 19.7 Å². The summed E-state index contributed by atoms with van der Waals surface area (Å²) in [5, 5.41) is 7.70. The molecule has 0 spiro atoms. The maximum Gasteiger partial charge on any atom is 0.219 e. The number of rotatable bonds is 7. The van der Waals surface area contributed by atoms with Crippen LogP contribution in [0.1, 0.15) is 21.1 Å². The number of pyridine rings is 1. The summed E-state index contributed by atoms with van der Waals surface area (Å²) in [5.74, 6) is 1.40. The van der Waals surface area contributed by atoms with Crippen LogP contribution in [0.4, 0.5) is 4.39 Å². The van der Waals surface area contributed by atoms with Gasteiger partial charge in [-0.25, -0.2) is 14.4 Å². The van der Waals surface area contributed by atoms with E-state index in [1.807, 2.05) is 19.1 Å². The normalized spacial score (nSPS) is 11.0. The summed E-state index contributed by atoms with van der Waals surface area (Å²) in [7, 11) is 1.74. The molecule has 0 aliphatic carbocycles. The van der Waals surface area contributed by atoms with Gasteiger partial charge in [-0.1, -0.05) is 0 Å². The summed E-state index contributed by atoms with van der Waals surface area (Å²) in [4.78, 5) is 14.3. The van der Waals surface area contributed by atoms with Gasteiger partial charge in [0.05, 0.1) is 10.7 Å². The van der Waals surface area contributed by atoms with Crippen LogP contribution in [0.2, 0.25) is 0 Å². The van der Waals surface area contributed by atoms with Gasteiger partial charge < -0.3 is 15.4 Å². The number of hydrogen-bond acceptors (Lipinski definition) is 5. The SMILES string of the molecule is CN=C(NCCc1nc(C)c(C)s1)NCc1ccnc(Oc2ccc(F)cc2)c1.I. The van der Waals surface area contributed by atoms with Gasteiger partial charge in [0.15, 0.2) is 5.96 Å². The molecule has 160 valence electrons. The largest absolute Gasteiger partial charge is 0.439 e. The predicted molar refractivity (Wildman–Crippen MR) is 130 cm³/mol. The smallest absolute Gasteiger partial charge is 0.219 e. The lowest BCUT2D eigenvalue weighted by Crippen LogP contribution is -2.37. The number of benzene rings is 1. The minimum atomic E-state index is -0.303. The highest BCUT2D eigenvalue weighted by molar-refractivity contribution is 14.0. The second-order valence-electron chi connectivity index (χ2n) is 6.41. The van der Waals surface area contributed by atoms with Gasteiger partial charge in [-0.2, -0.15) is 0 Å². The molecule has 3 aromatic rings. The lowest BCUT2D eigenvalue weighted by Gasteiger charge is -2.12. The van der Waals surface area contributed by atoms with Crippen LogP contribution < -0.4 is 15.4 Å². The molecule has 2 N–H and O–H groups in total. The van der Waals surface area contributed by atoms with E-state index < -0.39 is 0 Å². The number of hydrogen-bond donors (Lipinski definition) is 2. The molecule has 0 unspecified atom stereocenters. The number of aromatic nitrogens is 2. The van der Waals surface area contributed by atoms with Crippen LogP contribution in [-0.4, -0.2) is 29.5 Å². The average molecular weight is 541 g/mol. The maximum absolute atomic E-state index is 13.0. The van der Waals surface area contributed by atoms with Crippen molar-refractivity contribution >= 4 is 41.3 Å². The van der Waals surface area contributed by atoms with Gasteiger partial charge in [-0.3, -0.25) is 4.99 Å². The van der Waals surface area contributed by atoms with Gasteiger partial charge in [0.25, 0.3) is 0 Å². The highest BCUT2D eigenvalue weighted by Gasteiger charge is 2.05. The third-order valence-corrected chi connectivity index (χ3v) is 5.36. The molecule has 2 heterocycles. The zero-order chi connectivity index (χ0) is 20.6. The fraction of sp³-hybridized carbons (Fsp3) is 0.286. The summed E-state index contributed by atoms with van der Waals surface area (Å²) in [6, 6.07) is 9.58. The molecule has 0 bridgehead atoms. The topological polar surface area (TPSA) is 71.4 Å². The van der Waals surface area contributed by atoms with Crippen LogP contribution >= 0.6 is 35.3 Å². The van der Waals surface area contributed by atoms with Gasteiger partial charge in [-0.05, 0) is 49.7 Å². The molecular weight excluding hydrogens is 516 g/mol. The lowest BCUT2D eigenvalue weighted by molar-refractivity contribution is 0.460. The Labute approximate surface area is 197 Å². The minimum absolute atomic E-state index is 0. The van der Waals surface area contributed by atoms with Gasteiger partial charge in [-0.15, -0.1) is 35.3 Å². The molecule has 6 nitrogen and oxygen atoms in total. The highest BCUT2D eigenvalue weighted by Crippen LogP contribution is 2.20. The number of guanidine groups is 1. The number of aryl methyl sites for hydroxylation is 2. The summed E-state index contributed by atoms with van der Waals surface area (Å²) < 4.78 is 18.7. The quantitative estimate of drug-likeness (QED) is 0.260. The lowest BCUT2D eigenvalue weighted by atomic mass is 10.2. The van der Waals surface area contributed by atoms with Gasteiger partial charge >= 0.3 is 0 Å². The van der Waals surface area contributed by atoms with E-state index >= 15 is 0 Å². The van der Waals surface area contributed by atoms with E-state index in [-0.39, 0.29) is 29.8 Å². The molecule has 1 aromatic carbocycles. The second-order valence-corrected chi connectivity index (χ2v) is 7.70. The Morgan fingerprint density at radius 1 is 1.17 bits per heavy atom. The number of thiazole rings is 1. The summed E-state index contributed by atoms with van der Waals surface area (Å²) in [6.45, 7) is 5.44. The van der Waals surface area contributed by atoms with E-state index in [9.17, 15) is 4.39 Å². The number of ether oxygens (including phenoxy) is 1. The molecule has 2 aromatic heterocycles. The number of aliphatic imine (C=N–C) groups is 1. The molecule has 9 heteroatoms. The van der Waals surface area contributed by atoms with Gasteiger partial charge in [0.1, 0.15) is 11.6 Å². The van der Waals surface area contributed by atoms with Gasteiger partial charge in [0.2, 0.25) is 5.88 Å². The monoisotopic (exact) mass is 541 g/mol. The Morgan fingerprint density at radius 3 is 2.60 bits per heavy atom. The van der Waals surface area contributed by atoms with Crippen LogP contribution in [0.5, 0.6) is 11.6 Å². The van der Waals surface area contributed by atoms with Crippen molar-refractivity contribution < 1.29 is 9.13 Å². The molecule has 0 saturated heterocycles. The number of nitrogens with one attached hydrogen (secondary N) is 2. The first-order valence-corrected chi connectivity index (χ1v) is 10.1.